The zero-order valence-corrected chi connectivity index (χ0v) is 14.0. The molecule has 114 valence electrons. The summed E-state index contributed by atoms with van der Waals surface area (Å²) >= 11 is 0. The van der Waals surface area contributed by atoms with Gasteiger partial charge in [0.25, 0.3) is 0 Å². The zero-order valence-electron chi connectivity index (χ0n) is 14.0. The molecule has 0 saturated heterocycles. The van der Waals surface area contributed by atoms with Crippen LogP contribution in [-0.4, -0.2) is 16.3 Å². The number of rotatable bonds is 6. The lowest BCUT2D eigenvalue weighted by Gasteiger charge is -2.10. The van der Waals surface area contributed by atoms with Crippen molar-refractivity contribution in [3.8, 4) is 0 Å². The molecule has 0 amide bonds. The zero-order chi connectivity index (χ0) is 15.4. The van der Waals surface area contributed by atoms with E-state index in [1.807, 2.05) is 0 Å². The van der Waals surface area contributed by atoms with Gasteiger partial charge in [0, 0.05) is 17.8 Å². The van der Waals surface area contributed by atoms with E-state index in [1.54, 1.807) is 0 Å². The van der Waals surface area contributed by atoms with E-state index in [4.69, 9.17) is 5.10 Å². The first-order valence-electron chi connectivity index (χ1n) is 7.82. The molecule has 0 fully saturated rings. The Balaban J connectivity index is 2.21. The molecule has 0 atom stereocenters. The highest BCUT2D eigenvalue weighted by Crippen LogP contribution is 2.17. The molecular weight excluding hydrogens is 258 g/mol. The van der Waals surface area contributed by atoms with Gasteiger partial charge in [-0.05, 0) is 51.8 Å². The van der Waals surface area contributed by atoms with E-state index in [9.17, 15) is 0 Å². The highest BCUT2D eigenvalue weighted by Gasteiger charge is 2.12. The molecule has 1 heterocycles. The van der Waals surface area contributed by atoms with Crippen LogP contribution in [0.2, 0.25) is 0 Å². The van der Waals surface area contributed by atoms with Crippen molar-refractivity contribution >= 4 is 0 Å². The van der Waals surface area contributed by atoms with Crippen LogP contribution in [0.25, 0.3) is 0 Å². The number of nitrogens with one attached hydrogen (secondary N) is 1. The second kappa shape index (κ2) is 6.90. The molecule has 1 aromatic carbocycles. The maximum atomic E-state index is 4.73. The van der Waals surface area contributed by atoms with Crippen LogP contribution in [0.4, 0.5) is 0 Å². The Bertz CT molecular complexity index is 611. The molecule has 2 rings (SSSR count). The fourth-order valence-corrected chi connectivity index (χ4v) is 2.67. The maximum Gasteiger partial charge on any atom is 0.0665 e. The predicted octanol–water partition coefficient (Wildman–Crippen LogP) is 3.66. The van der Waals surface area contributed by atoms with E-state index in [1.165, 1.54) is 27.9 Å². The van der Waals surface area contributed by atoms with Crippen LogP contribution >= 0.6 is 0 Å². The van der Waals surface area contributed by atoms with Gasteiger partial charge in [0.15, 0.2) is 0 Å². The van der Waals surface area contributed by atoms with Crippen LogP contribution in [0.5, 0.6) is 0 Å². The van der Waals surface area contributed by atoms with Gasteiger partial charge >= 0.3 is 0 Å². The first-order chi connectivity index (χ1) is 10.0. The van der Waals surface area contributed by atoms with E-state index in [-0.39, 0.29) is 0 Å². The second-order valence-corrected chi connectivity index (χ2v) is 5.91. The highest BCUT2D eigenvalue weighted by molar-refractivity contribution is 5.32. The Morgan fingerprint density at radius 3 is 2.62 bits per heavy atom. The number of benzene rings is 1. The van der Waals surface area contributed by atoms with Gasteiger partial charge in [-0.3, -0.25) is 4.68 Å². The quantitative estimate of drug-likeness (QED) is 0.821. The molecule has 0 spiro atoms. The summed E-state index contributed by atoms with van der Waals surface area (Å²) in [5.41, 5.74) is 7.75. The molecule has 21 heavy (non-hydrogen) atoms. The lowest BCUT2D eigenvalue weighted by atomic mass is 10.1. The van der Waals surface area contributed by atoms with Crippen molar-refractivity contribution in [2.24, 2.45) is 0 Å². The largest absolute Gasteiger partial charge is 0.313 e. The van der Waals surface area contributed by atoms with E-state index < -0.39 is 0 Å². The Morgan fingerprint density at radius 2 is 1.90 bits per heavy atom. The first-order valence-corrected chi connectivity index (χ1v) is 7.82. The topological polar surface area (TPSA) is 29.9 Å². The molecular formula is C18H27N3. The van der Waals surface area contributed by atoms with Crippen molar-refractivity contribution in [3.05, 3.63) is 51.8 Å². The van der Waals surface area contributed by atoms with Gasteiger partial charge in [-0.25, -0.2) is 0 Å². The van der Waals surface area contributed by atoms with Gasteiger partial charge in [-0.1, -0.05) is 30.7 Å². The fraction of sp³-hybridized carbons (Fsp3) is 0.500. The smallest absolute Gasteiger partial charge is 0.0665 e. The van der Waals surface area contributed by atoms with Crippen molar-refractivity contribution in [2.45, 2.75) is 54.1 Å². The lowest BCUT2D eigenvalue weighted by Crippen LogP contribution is -2.15. The van der Waals surface area contributed by atoms with Gasteiger partial charge < -0.3 is 5.32 Å². The maximum absolute atomic E-state index is 4.73. The number of aryl methyl sites for hydroxylation is 3. The first kappa shape index (κ1) is 15.8. The number of aromatic nitrogens is 2. The minimum atomic E-state index is 0.855. The van der Waals surface area contributed by atoms with E-state index in [0.29, 0.717) is 0 Å². The molecule has 0 bridgehead atoms. The summed E-state index contributed by atoms with van der Waals surface area (Å²) in [4.78, 5) is 0. The average Bonchev–Trinajstić information content (AvgIpc) is 2.70. The van der Waals surface area contributed by atoms with Crippen molar-refractivity contribution in [2.75, 3.05) is 6.54 Å². The Hall–Kier alpha value is -1.61. The molecule has 0 aliphatic rings. The van der Waals surface area contributed by atoms with Crippen LogP contribution in [-0.2, 0) is 13.1 Å². The molecule has 0 aliphatic heterocycles. The number of hydrogen-bond donors (Lipinski definition) is 1. The van der Waals surface area contributed by atoms with E-state index >= 15 is 0 Å². The summed E-state index contributed by atoms with van der Waals surface area (Å²) in [6, 6.07) is 6.63. The fourth-order valence-electron chi connectivity index (χ4n) is 2.67. The molecule has 3 heteroatoms. The monoisotopic (exact) mass is 285 g/mol. The molecule has 1 aromatic heterocycles. The Morgan fingerprint density at radius 1 is 1.14 bits per heavy atom. The van der Waals surface area contributed by atoms with Crippen molar-refractivity contribution in [1.29, 1.82) is 0 Å². The number of hydrogen-bond acceptors (Lipinski definition) is 2. The standard InChI is InChI=1S/C18H27N3/c1-6-9-19-11-18-15(4)20-21(16(18)5)12-17-10-13(2)7-8-14(17)3/h7-8,10,19H,6,9,11-12H2,1-5H3. The molecule has 0 saturated carbocycles. The van der Waals surface area contributed by atoms with Crippen LogP contribution in [0, 0.1) is 27.7 Å². The molecule has 0 unspecified atom stereocenters. The van der Waals surface area contributed by atoms with Gasteiger partial charge in [-0.2, -0.15) is 5.10 Å². The van der Waals surface area contributed by atoms with Gasteiger partial charge in [0.1, 0.15) is 0 Å². The normalized spacial score (nSPS) is 11.1. The third-order valence-electron chi connectivity index (χ3n) is 4.08. The van der Waals surface area contributed by atoms with Gasteiger partial charge in [0.2, 0.25) is 0 Å². The molecule has 0 aliphatic carbocycles. The van der Waals surface area contributed by atoms with Crippen molar-refractivity contribution < 1.29 is 0 Å². The Labute approximate surface area is 128 Å². The third kappa shape index (κ3) is 3.73. The van der Waals surface area contributed by atoms with Crippen molar-refractivity contribution in [3.63, 3.8) is 0 Å². The summed E-state index contributed by atoms with van der Waals surface area (Å²) in [6.07, 6.45) is 1.16. The molecule has 3 nitrogen and oxygen atoms in total. The summed E-state index contributed by atoms with van der Waals surface area (Å²) in [5, 5.41) is 8.21. The Kier molecular flexibility index (Phi) is 5.18. The molecule has 2 aromatic rings. The van der Waals surface area contributed by atoms with Gasteiger partial charge in [-0.15, -0.1) is 0 Å². The molecule has 1 N–H and O–H groups in total. The second-order valence-electron chi connectivity index (χ2n) is 5.91. The van der Waals surface area contributed by atoms with Crippen LogP contribution in [0.15, 0.2) is 18.2 Å². The van der Waals surface area contributed by atoms with Crippen LogP contribution in [0.1, 0.15) is 47.0 Å². The van der Waals surface area contributed by atoms with Gasteiger partial charge in [0.05, 0.1) is 12.2 Å². The third-order valence-corrected chi connectivity index (χ3v) is 4.08. The summed E-state index contributed by atoms with van der Waals surface area (Å²) < 4.78 is 2.14. The minimum Gasteiger partial charge on any atom is -0.313 e. The average molecular weight is 285 g/mol. The minimum absolute atomic E-state index is 0.855. The SMILES string of the molecule is CCCNCc1c(C)nn(Cc2cc(C)ccc2C)c1C. The van der Waals surface area contributed by atoms with E-state index in [2.05, 4.69) is 62.8 Å². The van der Waals surface area contributed by atoms with Crippen LogP contribution in [0.3, 0.4) is 0 Å². The lowest BCUT2D eigenvalue weighted by molar-refractivity contribution is 0.648. The summed E-state index contributed by atoms with van der Waals surface area (Å²) in [6.45, 7) is 13.6. The summed E-state index contributed by atoms with van der Waals surface area (Å²) in [5.74, 6) is 0. The van der Waals surface area contributed by atoms with Crippen molar-refractivity contribution in [1.82, 2.24) is 15.1 Å². The number of nitrogens with zero attached hydrogens (tertiary/aromatic N) is 2. The van der Waals surface area contributed by atoms with Crippen LogP contribution < -0.4 is 5.32 Å². The highest BCUT2D eigenvalue weighted by atomic mass is 15.3. The molecule has 0 radical (unpaired) electrons. The predicted molar refractivity (Wildman–Crippen MR) is 88.7 cm³/mol. The summed E-state index contributed by atoms with van der Waals surface area (Å²) in [7, 11) is 0. The van der Waals surface area contributed by atoms with E-state index in [0.717, 1.165) is 31.7 Å².